The van der Waals surface area contributed by atoms with Gasteiger partial charge in [0.05, 0.1) is 7.11 Å². The topological polar surface area (TPSA) is 105 Å². The van der Waals surface area contributed by atoms with Gasteiger partial charge in [-0.3, -0.25) is 0 Å². The van der Waals surface area contributed by atoms with E-state index in [-0.39, 0.29) is 5.56 Å². The largest absolute Gasteiger partial charge is 0.496 e. The van der Waals surface area contributed by atoms with E-state index >= 15 is 0 Å². The number of benzene rings is 1. The van der Waals surface area contributed by atoms with Gasteiger partial charge in [0, 0.05) is 5.56 Å². The number of alkyl carbamates (subject to hydrolysis) is 1. The molecular weight excluding hydrogens is 290 g/mol. The first kappa shape index (κ1) is 17.8. The SMILES string of the molecule is COc1ccccc1[C@@H](O)[C@@H](NC(=O)OC(C)(C)C)C(=O)O. The number of para-hydroxylation sites is 1. The Kier molecular flexibility index (Phi) is 5.76. The monoisotopic (exact) mass is 311 g/mol. The van der Waals surface area contributed by atoms with Gasteiger partial charge in [-0.05, 0) is 26.8 Å². The summed E-state index contributed by atoms with van der Waals surface area (Å²) >= 11 is 0. The maximum absolute atomic E-state index is 11.7. The van der Waals surface area contributed by atoms with E-state index in [2.05, 4.69) is 5.32 Å². The van der Waals surface area contributed by atoms with Crippen LogP contribution in [-0.2, 0) is 9.53 Å². The lowest BCUT2D eigenvalue weighted by Crippen LogP contribution is -2.46. The normalized spacial score (nSPS) is 13.9. The minimum absolute atomic E-state index is 0.258. The average Bonchev–Trinajstić information content (AvgIpc) is 2.41. The average molecular weight is 311 g/mol. The number of rotatable bonds is 5. The summed E-state index contributed by atoms with van der Waals surface area (Å²) in [6.07, 6.45) is -2.41. The molecule has 0 aromatic heterocycles. The van der Waals surface area contributed by atoms with Crippen molar-refractivity contribution in [2.45, 2.75) is 38.5 Å². The van der Waals surface area contributed by atoms with E-state index in [1.807, 2.05) is 0 Å². The number of aliphatic carboxylic acids is 1. The zero-order chi connectivity index (χ0) is 16.9. The van der Waals surface area contributed by atoms with Crippen molar-refractivity contribution in [3.8, 4) is 5.75 Å². The zero-order valence-corrected chi connectivity index (χ0v) is 13.0. The first-order chi connectivity index (χ1) is 10.2. The molecule has 1 rings (SSSR count). The molecule has 7 nitrogen and oxygen atoms in total. The van der Waals surface area contributed by atoms with Crippen molar-refractivity contribution >= 4 is 12.1 Å². The molecule has 2 atom stereocenters. The Morgan fingerprint density at radius 1 is 1.23 bits per heavy atom. The van der Waals surface area contributed by atoms with Gasteiger partial charge in [-0.15, -0.1) is 0 Å². The molecule has 0 aliphatic carbocycles. The summed E-state index contributed by atoms with van der Waals surface area (Å²) in [4.78, 5) is 23.1. The van der Waals surface area contributed by atoms with Gasteiger partial charge in [-0.25, -0.2) is 9.59 Å². The number of ether oxygens (including phenoxy) is 2. The number of nitrogens with one attached hydrogen (secondary N) is 1. The minimum Gasteiger partial charge on any atom is -0.496 e. The molecule has 0 heterocycles. The first-order valence-corrected chi connectivity index (χ1v) is 6.69. The van der Waals surface area contributed by atoms with Gasteiger partial charge in [0.15, 0.2) is 6.04 Å². The van der Waals surface area contributed by atoms with E-state index in [1.54, 1.807) is 39.0 Å². The third kappa shape index (κ3) is 4.92. The van der Waals surface area contributed by atoms with Crippen LogP contribution in [0.2, 0.25) is 0 Å². The lowest BCUT2D eigenvalue weighted by molar-refractivity contribution is -0.142. The highest BCUT2D eigenvalue weighted by molar-refractivity contribution is 5.81. The molecule has 1 amide bonds. The number of aliphatic hydroxyl groups excluding tert-OH is 1. The molecule has 22 heavy (non-hydrogen) atoms. The van der Waals surface area contributed by atoms with Crippen LogP contribution in [-0.4, -0.2) is 41.0 Å². The van der Waals surface area contributed by atoms with Gasteiger partial charge >= 0.3 is 12.1 Å². The predicted octanol–water partition coefficient (Wildman–Crippen LogP) is 1.71. The Hall–Kier alpha value is -2.28. The van der Waals surface area contributed by atoms with Crippen LogP contribution in [0.25, 0.3) is 0 Å². The van der Waals surface area contributed by atoms with Crippen LogP contribution in [0, 0.1) is 0 Å². The fourth-order valence-corrected chi connectivity index (χ4v) is 1.80. The number of carboxylic acids is 1. The molecule has 0 saturated heterocycles. The number of methoxy groups -OCH3 is 1. The lowest BCUT2D eigenvalue weighted by Gasteiger charge is -2.25. The highest BCUT2D eigenvalue weighted by atomic mass is 16.6. The van der Waals surface area contributed by atoms with Crippen molar-refractivity contribution in [1.82, 2.24) is 5.32 Å². The summed E-state index contributed by atoms with van der Waals surface area (Å²) < 4.78 is 10.1. The molecule has 0 aliphatic heterocycles. The molecule has 1 aromatic rings. The van der Waals surface area contributed by atoms with Crippen LogP contribution in [0.4, 0.5) is 4.79 Å². The van der Waals surface area contributed by atoms with E-state index in [9.17, 15) is 19.8 Å². The van der Waals surface area contributed by atoms with Gasteiger partial charge in [-0.1, -0.05) is 18.2 Å². The maximum atomic E-state index is 11.7. The van der Waals surface area contributed by atoms with Crippen LogP contribution < -0.4 is 10.1 Å². The lowest BCUT2D eigenvalue weighted by atomic mass is 10.0. The zero-order valence-electron chi connectivity index (χ0n) is 13.0. The van der Waals surface area contributed by atoms with Crippen molar-refractivity contribution < 1.29 is 29.3 Å². The van der Waals surface area contributed by atoms with E-state index in [1.165, 1.54) is 13.2 Å². The summed E-state index contributed by atoms with van der Waals surface area (Å²) in [7, 11) is 1.41. The summed E-state index contributed by atoms with van der Waals surface area (Å²) in [6.45, 7) is 4.96. The van der Waals surface area contributed by atoms with E-state index in [0.29, 0.717) is 5.75 Å². The molecule has 0 unspecified atom stereocenters. The quantitative estimate of drug-likeness (QED) is 0.764. The Bertz CT molecular complexity index is 537. The first-order valence-electron chi connectivity index (χ1n) is 6.69. The number of carbonyl (C=O) groups is 2. The number of amides is 1. The second-order valence-electron chi connectivity index (χ2n) is 5.65. The Balaban J connectivity index is 2.96. The summed E-state index contributed by atoms with van der Waals surface area (Å²) in [5.41, 5.74) is -0.517. The second-order valence-corrected chi connectivity index (χ2v) is 5.65. The van der Waals surface area contributed by atoms with Gasteiger partial charge in [0.2, 0.25) is 0 Å². The van der Waals surface area contributed by atoms with Gasteiger partial charge in [-0.2, -0.15) is 0 Å². The molecular formula is C15H21NO6. The fraction of sp³-hybridized carbons (Fsp3) is 0.467. The Morgan fingerprint density at radius 2 is 1.82 bits per heavy atom. The number of hydrogen-bond acceptors (Lipinski definition) is 5. The minimum atomic E-state index is -1.56. The third-order valence-electron chi connectivity index (χ3n) is 2.71. The fourth-order valence-electron chi connectivity index (χ4n) is 1.80. The Labute approximate surface area is 128 Å². The molecule has 1 aromatic carbocycles. The van der Waals surface area contributed by atoms with Gasteiger partial charge < -0.3 is 25.0 Å². The van der Waals surface area contributed by atoms with E-state index in [0.717, 1.165) is 0 Å². The van der Waals surface area contributed by atoms with Crippen LogP contribution >= 0.6 is 0 Å². The third-order valence-corrected chi connectivity index (χ3v) is 2.71. The van der Waals surface area contributed by atoms with E-state index < -0.39 is 29.8 Å². The van der Waals surface area contributed by atoms with Crippen molar-refractivity contribution in [2.75, 3.05) is 7.11 Å². The van der Waals surface area contributed by atoms with Crippen LogP contribution in [0.5, 0.6) is 5.75 Å². The summed E-state index contributed by atoms with van der Waals surface area (Å²) in [5.74, 6) is -1.06. The molecule has 3 N–H and O–H groups in total. The van der Waals surface area contributed by atoms with Crippen molar-refractivity contribution in [3.05, 3.63) is 29.8 Å². The predicted molar refractivity (Wildman–Crippen MR) is 78.7 cm³/mol. The molecule has 7 heteroatoms. The highest BCUT2D eigenvalue weighted by Gasteiger charge is 2.32. The number of carbonyl (C=O) groups excluding carboxylic acids is 1. The smallest absolute Gasteiger partial charge is 0.408 e. The Morgan fingerprint density at radius 3 is 2.32 bits per heavy atom. The number of aliphatic hydroxyl groups is 1. The summed E-state index contributed by atoms with van der Waals surface area (Å²) in [6, 6.07) is 4.87. The van der Waals surface area contributed by atoms with Crippen molar-refractivity contribution in [3.63, 3.8) is 0 Å². The maximum Gasteiger partial charge on any atom is 0.408 e. The number of carboxylic acid groups (broad SMARTS) is 1. The molecule has 0 fully saturated rings. The van der Waals surface area contributed by atoms with Crippen molar-refractivity contribution in [1.29, 1.82) is 0 Å². The molecule has 0 spiro atoms. The molecule has 0 saturated carbocycles. The second kappa shape index (κ2) is 7.13. The van der Waals surface area contributed by atoms with Gasteiger partial charge in [0.1, 0.15) is 17.5 Å². The number of hydrogen-bond donors (Lipinski definition) is 3. The van der Waals surface area contributed by atoms with Crippen molar-refractivity contribution in [2.24, 2.45) is 0 Å². The van der Waals surface area contributed by atoms with Crippen LogP contribution in [0.1, 0.15) is 32.4 Å². The molecule has 0 aliphatic rings. The van der Waals surface area contributed by atoms with Crippen LogP contribution in [0.3, 0.4) is 0 Å². The van der Waals surface area contributed by atoms with Crippen LogP contribution in [0.15, 0.2) is 24.3 Å². The highest BCUT2D eigenvalue weighted by Crippen LogP contribution is 2.27. The molecule has 122 valence electrons. The summed E-state index contributed by atoms with van der Waals surface area (Å²) in [5, 5.41) is 21.7. The molecule has 0 radical (unpaired) electrons. The van der Waals surface area contributed by atoms with E-state index in [4.69, 9.17) is 9.47 Å². The molecule has 0 bridgehead atoms. The van der Waals surface area contributed by atoms with Gasteiger partial charge in [0.25, 0.3) is 0 Å². The standard InChI is InChI=1S/C15H21NO6/c1-15(2,3)22-14(20)16-11(13(18)19)12(17)9-7-5-6-8-10(9)21-4/h5-8,11-12,17H,1-4H3,(H,16,20)(H,18,19)/t11-,12-/m1/s1.